The number of benzene rings is 2. The van der Waals surface area contributed by atoms with Gasteiger partial charge in [0.15, 0.2) is 5.96 Å². The Morgan fingerprint density at radius 2 is 1.86 bits per heavy atom. The standard InChI is InChI=1S/C22H27N5O.HI/c1-2-24-22(25-13-12-21(28)18-8-4-3-5-9-18)26-16-19-10-6-7-11-20(19)27-15-14-23-17-27;/h3-11,14-15,17,21,28H,2,12-13,16H2,1H3,(H2,24,25,26);1H. The van der Waals surface area contributed by atoms with Gasteiger partial charge in [0.05, 0.1) is 24.7 Å². The molecule has 2 aromatic carbocycles. The van der Waals surface area contributed by atoms with E-state index < -0.39 is 6.10 Å². The van der Waals surface area contributed by atoms with E-state index in [9.17, 15) is 5.11 Å². The van der Waals surface area contributed by atoms with Crippen LogP contribution in [-0.2, 0) is 6.54 Å². The van der Waals surface area contributed by atoms with Crippen molar-refractivity contribution in [3.8, 4) is 5.69 Å². The third-order valence-electron chi connectivity index (χ3n) is 4.42. The first kappa shape index (κ1) is 22.9. The molecule has 0 fully saturated rings. The Kier molecular flexibility index (Phi) is 9.66. The third kappa shape index (κ3) is 6.86. The van der Waals surface area contributed by atoms with Crippen molar-refractivity contribution < 1.29 is 5.11 Å². The van der Waals surface area contributed by atoms with Crippen LogP contribution in [0.4, 0.5) is 0 Å². The van der Waals surface area contributed by atoms with Crippen molar-refractivity contribution in [1.29, 1.82) is 0 Å². The average molecular weight is 505 g/mol. The molecule has 1 aromatic heterocycles. The van der Waals surface area contributed by atoms with Gasteiger partial charge in [-0.25, -0.2) is 9.98 Å². The number of aliphatic hydroxyl groups is 1. The molecule has 3 aromatic rings. The zero-order valence-corrected chi connectivity index (χ0v) is 18.9. The molecule has 0 saturated carbocycles. The molecule has 0 aliphatic heterocycles. The van der Waals surface area contributed by atoms with Crippen LogP contribution in [0.25, 0.3) is 5.69 Å². The van der Waals surface area contributed by atoms with E-state index >= 15 is 0 Å². The topological polar surface area (TPSA) is 74.5 Å². The summed E-state index contributed by atoms with van der Waals surface area (Å²) in [6.07, 6.45) is 5.61. The Morgan fingerprint density at radius 3 is 2.59 bits per heavy atom. The van der Waals surface area contributed by atoms with Gasteiger partial charge in [-0.15, -0.1) is 24.0 Å². The normalized spacial score (nSPS) is 12.1. The summed E-state index contributed by atoms with van der Waals surface area (Å²) in [5.41, 5.74) is 3.11. The highest BCUT2D eigenvalue weighted by Crippen LogP contribution is 2.16. The Morgan fingerprint density at radius 1 is 1.10 bits per heavy atom. The van der Waals surface area contributed by atoms with E-state index in [2.05, 4.69) is 27.8 Å². The largest absolute Gasteiger partial charge is 0.388 e. The monoisotopic (exact) mass is 505 g/mol. The molecule has 1 unspecified atom stereocenters. The molecule has 0 radical (unpaired) electrons. The minimum atomic E-state index is -0.487. The van der Waals surface area contributed by atoms with Gasteiger partial charge in [-0.3, -0.25) is 0 Å². The predicted molar refractivity (Wildman–Crippen MR) is 128 cm³/mol. The van der Waals surface area contributed by atoms with Crippen molar-refractivity contribution in [2.45, 2.75) is 26.0 Å². The molecule has 0 saturated heterocycles. The first-order chi connectivity index (χ1) is 13.8. The summed E-state index contributed by atoms with van der Waals surface area (Å²) in [5.74, 6) is 0.739. The van der Waals surface area contributed by atoms with Gasteiger partial charge in [0.1, 0.15) is 0 Å². The highest BCUT2D eigenvalue weighted by molar-refractivity contribution is 14.0. The van der Waals surface area contributed by atoms with Crippen LogP contribution in [0.1, 0.15) is 30.6 Å². The van der Waals surface area contributed by atoms with Gasteiger partial charge in [0.25, 0.3) is 0 Å². The van der Waals surface area contributed by atoms with Crippen molar-refractivity contribution in [2.24, 2.45) is 4.99 Å². The second-order valence-electron chi connectivity index (χ2n) is 6.44. The lowest BCUT2D eigenvalue weighted by Gasteiger charge is -2.15. The number of hydrogen-bond acceptors (Lipinski definition) is 3. The summed E-state index contributed by atoms with van der Waals surface area (Å²) in [6, 6.07) is 17.9. The highest BCUT2D eigenvalue weighted by Gasteiger charge is 2.08. The fourth-order valence-corrected chi connectivity index (χ4v) is 2.97. The van der Waals surface area contributed by atoms with E-state index in [1.54, 1.807) is 12.5 Å². The molecule has 7 heteroatoms. The van der Waals surface area contributed by atoms with Crippen molar-refractivity contribution >= 4 is 29.9 Å². The van der Waals surface area contributed by atoms with Crippen LogP contribution in [0.2, 0.25) is 0 Å². The summed E-state index contributed by atoms with van der Waals surface area (Å²) in [7, 11) is 0. The number of imidazole rings is 1. The molecule has 3 N–H and O–H groups in total. The van der Waals surface area contributed by atoms with Crippen LogP contribution in [0, 0.1) is 0 Å². The quantitative estimate of drug-likeness (QED) is 0.248. The van der Waals surface area contributed by atoms with E-state index in [0.29, 0.717) is 19.5 Å². The van der Waals surface area contributed by atoms with Crippen LogP contribution in [0.5, 0.6) is 0 Å². The summed E-state index contributed by atoms with van der Waals surface area (Å²) in [6.45, 7) is 3.99. The van der Waals surface area contributed by atoms with Crippen LogP contribution >= 0.6 is 24.0 Å². The zero-order chi connectivity index (χ0) is 19.6. The molecule has 29 heavy (non-hydrogen) atoms. The molecule has 6 nitrogen and oxygen atoms in total. The maximum atomic E-state index is 10.3. The van der Waals surface area contributed by atoms with Crippen molar-refractivity contribution in [3.05, 3.63) is 84.4 Å². The van der Waals surface area contributed by atoms with Gasteiger partial charge in [0, 0.05) is 25.5 Å². The fraction of sp³-hybridized carbons (Fsp3) is 0.273. The van der Waals surface area contributed by atoms with Crippen molar-refractivity contribution in [1.82, 2.24) is 20.2 Å². The van der Waals surface area contributed by atoms with Gasteiger partial charge in [0.2, 0.25) is 0 Å². The second-order valence-corrected chi connectivity index (χ2v) is 6.44. The van der Waals surface area contributed by atoms with E-state index in [0.717, 1.165) is 29.3 Å². The van der Waals surface area contributed by atoms with Gasteiger partial charge >= 0.3 is 0 Å². The van der Waals surface area contributed by atoms with Crippen LogP contribution in [0.15, 0.2) is 78.3 Å². The van der Waals surface area contributed by atoms with E-state index in [4.69, 9.17) is 4.99 Å². The van der Waals surface area contributed by atoms with Gasteiger partial charge < -0.3 is 20.3 Å². The Hall–Kier alpha value is -2.39. The van der Waals surface area contributed by atoms with Crippen LogP contribution in [0.3, 0.4) is 0 Å². The van der Waals surface area contributed by atoms with E-state index in [1.807, 2.05) is 60.2 Å². The van der Waals surface area contributed by atoms with Crippen LogP contribution in [-0.4, -0.2) is 33.7 Å². The number of aliphatic hydroxyl groups excluding tert-OH is 1. The Bertz CT molecular complexity index is 868. The number of rotatable bonds is 8. The minimum Gasteiger partial charge on any atom is -0.388 e. The molecule has 0 spiro atoms. The number of halogens is 1. The molecular weight excluding hydrogens is 477 g/mol. The van der Waals surface area contributed by atoms with Gasteiger partial charge in [-0.05, 0) is 30.5 Å². The lowest BCUT2D eigenvalue weighted by atomic mass is 10.1. The number of para-hydroxylation sites is 1. The highest BCUT2D eigenvalue weighted by atomic mass is 127. The fourth-order valence-electron chi connectivity index (χ4n) is 2.97. The Balaban J connectivity index is 0.00000300. The smallest absolute Gasteiger partial charge is 0.191 e. The number of nitrogens with one attached hydrogen (secondary N) is 2. The first-order valence-corrected chi connectivity index (χ1v) is 9.59. The Labute approximate surface area is 189 Å². The predicted octanol–water partition coefficient (Wildman–Crippen LogP) is 3.67. The number of guanidine groups is 1. The van der Waals surface area contributed by atoms with Crippen molar-refractivity contribution in [3.63, 3.8) is 0 Å². The number of hydrogen-bond donors (Lipinski definition) is 3. The first-order valence-electron chi connectivity index (χ1n) is 9.59. The summed E-state index contributed by atoms with van der Waals surface area (Å²) >= 11 is 0. The average Bonchev–Trinajstić information content (AvgIpc) is 3.27. The van der Waals surface area contributed by atoms with E-state index in [-0.39, 0.29) is 24.0 Å². The van der Waals surface area contributed by atoms with Gasteiger partial charge in [-0.2, -0.15) is 0 Å². The lowest BCUT2D eigenvalue weighted by molar-refractivity contribution is 0.168. The molecule has 0 aliphatic rings. The number of aromatic nitrogens is 2. The summed E-state index contributed by atoms with van der Waals surface area (Å²) in [4.78, 5) is 8.83. The molecule has 0 amide bonds. The minimum absolute atomic E-state index is 0. The van der Waals surface area contributed by atoms with E-state index in [1.165, 1.54) is 0 Å². The third-order valence-corrected chi connectivity index (χ3v) is 4.42. The summed E-state index contributed by atoms with van der Waals surface area (Å²) < 4.78 is 1.99. The SMILES string of the molecule is CCNC(=NCc1ccccc1-n1ccnc1)NCCC(O)c1ccccc1.I. The number of aliphatic imine (C=N–C) groups is 1. The maximum Gasteiger partial charge on any atom is 0.191 e. The zero-order valence-electron chi connectivity index (χ0n) is 16.5. The molecule has 154 valence electrons. The van der Waals surface area contributed by atoms with Crippen molar-refractivity contribution in [2.75, 3.05) is 13.1 Å². The lowest BCUT2D eigenvalue weighted by Crippen LogP contribution is -2.38. The molecule has 1 atom stereocenters. The summed E-state index contributed by atoms with van der Waals surface area (Å²) in [5, 5.41) is 16.9. The second kappa shape index (κ2) is 12.2. The number of nitrogens with zero attached hydrogens (tertiary/aromatic N) is 3. The molecule has 1 heterocycles. The molecule has 0 aliphatic carbocycles. The molecule has 3 rings (SSSR count). The van der Waals surface area contributed by atoms with Crippen LogP contribution < -0.4 is 10.6 Å². The van der Waals surface area contributed by atoms with Gasteiger partial charge in [-0.1, -0.05) is 48.5 Å². The molecule has 0 bridgehead atoms. The maximum absolute atomic E-state index is 10.3. The molecular formula is C22H28IN5O.